The molecular weight excluding hydrogens is 404 g/mol. The van der Waals surface area contributed by atoms with Crippen molar-refractivity contribution in [3.8, 4) is 11.5 Å². The van der Waals surface area contributed by atoms with E-state index in [2.05, 4.69) is 0 Å². The quantitative estimate of drug-likeness (QED) is 0.437. The van der Waals surface area contributed by atoms with Gasteiger partial charge in [0.15, 0.2) is 5.75 Å². The molecule has 158 valence electrons. The van der Waals surface area contributed by atoms with E-state index < -0.39 is 24.7 Å². The van der Waals surface area contributed by atoms with E-state index in [0.717, 1.165) is 5.56 Å². The first-order chi connectivity index (χ1) is 13.2. The number of nitro groups is 2. The summed E-state index contributed by atoms with van der Waals surface area (Å²) in [5.41, 5.74) is 0.810. The molecule has 10 nitrogen and oxygen atoms in total. The summed E-state index contributed by atoms with van der Waals surface area (Å²) < 4.78 is 27.4. The highest BCUT2D eigenvalue weighted by Gasteiger charge is 2.33. The third-order valence-electron chi connectivity index (χ3n) is 3.59. The number of aromatic hydroxyl groups is 1. The van der Waals surface area contributed by atoms with Crippen LogP contribution in [0.15, 0.2) is 36.4 Å². The molecule has 0 saturated carbocycles. The fraction of sp³-hybridized carbons (Fsp3) is 0.333. The van der Waals surface area contributed by atoms with Crippen molar-refractivity contribution in [3.63, 3.8) is 0 Å². The number of aryl methyl sites for hydroxylation is 2. The van der Waals surface area contributed by atoms with E-state index in [1.54, 1.807) is 26.0 Å². The second-order valence-electron chi connectivity index (χ2n) is 7.13. The van der Waals surface area contributed by atoms with Crippen molar-refractivity contribution in [3.05, 3.63) is 67.8 Å². The lowest BCUT2D eigenvalue weighted by Gasteiger charge is -2.18. The molecule has 0 aliphatic carbocycles. The zero-order valence-electron chi connectivity index (χ0n) is 16.6. The van der Waals surface area contributed by atoms with Crippen LogP contribution in [-0.4, -0.2) is 28.1 Å². The molecule has 0 heterocycles. The van der Waals surface area contributed by atoms with Crippen molar-refractivity contribution in [2.24, 2.45) is 0 Å². The zero-order valence-corrected chi connectivity index (χ0v) is 17.4. The van der Waals surface area contributed by atoms with Crippen LogP contribution < -0.4 is 4.18 Å². The maximum absolute atomic E-state index is 11.8. The molecular formula is C18H22N2O8S. The van der Waals surface area contributed by atoms with Crippen molar-refractivity contribution >= 4 is 21.5 Å². The Morgan fingerprint density at radius 3 is 1.76 bits per heavy atom. The van der Waals surface area contributed by atoms with Crippen LogP contribution in [0.4, 0.5) is 11.4 Å². The zero-order chi connectivity index (χ0) is 22.6. The predicted octanol–water partition coefficient (Wildman–Crippen LogP) is 4.02. The predicted molar refractivity (Wildman–Crippen MR) is 107 cm³/mol. The van der Waals surface area contributed by atoms with Crippen LogP contribution in [0.1, 0.15) is 31.9 Å². The SMILES string of the molecule is Cc1ccc(O)c([N+](=O)[O-])c1.Cc1ccc(OS(=O)(=O)C(C)(C)C)c([N+](=O)[O-])c1. The smallest absolute Gasteiger partial charge is 0.314 e. The largest absolute Gasteiger partial charge is 0.502 e. The summed E-state index contributed by atoms with van der Waals surface area (Å²) in [6, 6.07) is 8.37. The standard InChI is InChI=1S/C11H15NO5S.C7H7NO3/c1-8-5-6-10(9(7-8)12(13)14)17-18(15,16)11(2,3)4;1-5-2-3-7(9)6(4-5)8(10)11/h5-7H,1-4H3;2-4,9H,1H3. The highest BCUT2D eigenvalue weighted by atomic mass is 32.2. The molecule has 2 aromatic carbocycles. The molecule has 0 amide bonds. The first-order valence-electron chi connectivity index (χ1n) is 8.29. The lowest BCUT2D eigenvalue weighted by Crippen LogP contribution is -2.32. The van der Waals surface area contributed by atoms with Gasteiger partial charge in [-0.05, 0) is 57.9 Å². The van der Waals surface area contributed by atoms with Crippen LogP contribution >= 0.6 is 0 Å². The Balaban J connectivity index is 0.000000326. The average Bonchev–Trinajstić information content (AvgIpc) is 2.57. The molecule has 0 aliphatic rings. The van der Waals surface area contributed by atoms with Crippen LogP contribution in [-0.2, 0) is 10.1 Å². The summed E-state index contributed by atoms with van der Waals surface area (Å²) in [5, 5.41) is 30.0. The molecule has 0 bridgehead atoms. The molecule has 0 atom stereocenters. The van der Waals surface area contributed by atoms with E-state index >= 15 is 0 Å². The van der Waals surface area contributed by atoms with Gasteiger partial charge in [-0.2, -0.15) is 8.42 Å². The molecule has 0 radical (unpaired) electrons. The van der Waals surface area contributed by atoms with E-state index in [1.807, 2.05) is 0 Å². The highest BCUT2D eigenvalue weighted by Crippen LogP contribution is 2.31. The molecule has 0 spiro atoms. The Morgan fingerprint density at radius 1 is 0.897 bits per heavy atom. The van der Waals surface area contributed by atoms with Crippen LogP contribution in [0.25, 0.3) is 0 Å². The van der Waals surface area contributed by atoms with Crippen LogP contribution in [0.5, 0.6) is 11.5 Å². The molecule has 11 heteroatoms. The lowest BCUT2D eigenvalue weighted by molar-refractivity contribution is -0.385. The fourth-order valence-electron chi connectivity index (χ4n) is 1.86. The molecule has 1 N–H and O–H groups in total. The van der Waals surface area contributed by atoms with Crippen molar-refractivity contribution in [2.75, 3.05) is 0 Å². The van der Waals surface area contributed by atoms with E-state index in [1.165, 1.54) is 45.0 Å². The Hall–Kier alpha value is -3.21. The number of phenols is 1. The molecule has 0 saturated heterocycles. The Labute approximate surface area is 168 Å². The van der Waals surface area contributed by atoms with E-state index in [0.29, 0.717) is 5.56 Å². The summed E-state index contributed by atoms with van der Waals surface area (Å²) in [6.45, 7) is 7.79. The Bertz CT molecular complexity index is 1030. The van der Waals surface area contributed by atoms with E-state index in [4.69, 9.17) is 9.29 Å². The van der Waals surface area contributed by atoms with Gasteiger partial charge in [0.2, 0.25) is 5.75 Å². The van der Waals surface area contributed by atoms with Gasteiger partial charge in [-0.1, -0.05) is 12.1 Å². The summed E-state index contributed by atoms with van der Waals surface area (Å²) in [4.78, 5) is 19.8. The number of nitrogens with zero attached hydrogens (tertiary/aromatic N) is 2. The number of rotatable bonds is 4. The first-order valence-corrected chi connectivity index (χ1v) is 9.69. The second kappa shape index (κ2) is 8.86. The number of phenolic OH excluding ortho intramolecular Hbond substituents is 1. The van der Waals surface area contributed by atoms with Gasteiger partial charge < -0.3 is 9.29 Å². The molecule has 0 aromatic heterocycles. The molecule has 29 heavy (non-hydrogen) atoms. The molecule has 2 aromatic rings. The van der Waals surface area contributed by atoms with Gasteiger partial charge in [-0.15, -0.1) is 0 Å². The number of hydrogen-bond donors (Lipinski definition) is 1. The van der Waals surface area contributed by atoms with Gasteiger partial charge >= 0.3 is 21.5 Å². The fourth-order valence-corrected chi connectivity index (χ4v) is 2.49. The molecule has 0 unspecified atom stereocenters. The van der Waals surface area contributed by atoms with Gasteiger partial charge in [0, 0.05) is 12.1 Å². The summed E-state index contributed by atoms with van der Waals surface area (Å²) in [6.07, 6.45) is 0. The lowest BCUT2D eigenvalue weighted by atomic mass is 10.2. The monoisotopic (exact) mass is 426 g/mol. The van der Waals surface area contributed by atoms with Crippen LogP contribution in [0.3, 0.4) is 0 Å². The van der Waals surface area contributed by atoms with E-state index in [-0.39, 0.29) is 22.9 Å². The molecule has 2 rings (SSSR count). The second-order valence-corrected chi connectivity index (χ2v) is 9.43. The van der Waals surface area contributed by atoms with E-state index in [9.17, 15) is 28.6 Å². The topological polar surface area (TPSA) is 150 Å². The Kier molecular flexibility index (Phi) is 7.28. The van der Waals surface area contributed by atoms with Gasteiger partial charge in [0.05, 0.1) is 14.6 Å². The third-order valence-corrected chi connectivity index (χ3v) is 5.49. The summed E-state index contributed by atoms with van der Waals surface area (Å²) in [7, 11) is -3.92. The number of hydrogen-bond acceptors (Lipinski definition) is 8. The van der Waals surface area contributed by atoms with Gasteiger partial charge in [-0.3, -0.25) is 20.2 Å². The number of benzene rings is 2. The molecule has 0 aliphatic heterocycles. The maximum Gasteiger partial charge on any atom is 0.314 e. The number of nitro benzene ring substituents is 2. The average molecular weight is 426 g/mol. The summed E-state index contributed by atoms with van der Waals surface area (Å²) in [5.74, 6) is -0.555. The minimum absolute atomic E-state index is 0.245. The normalized spacial score (nSPS) is 11.2. The van der Waals surface area contributed by atoms with Crippen molar-refractivity contribution < 1.29 is 27.6 Å². The van der Waals surface area contributed by atoms with Crippen molar-refractivity contribution in [2.45, 2.75) is 39.4 Å². The highest BCUT2D eigenvalue weighted by molar-refractivity contribution is 7.88. The van der Waals surface area contributed by atoms with Gasteiger partial charge in [-0.25, -0.2) is 0 Å². The first kappa shape index (κ1) is 23.8. The van der Waals surface area contributed by atoms with Gasteiger partial charge in [0.25, 0.3) is 0 Å². The van der Waals surface area contributed by atoms with Crippen molar-refractivity contribution in [1.29, 1.82) is 0 Å². The van der Waals surface area contributed by atoms with Crippen molar-refractivity contribution in [1.82, 2.24) is 0 Å². The minimum Gasteiger partial charge on any atom is -0.502 e. The maximum atomic E-state index is 11.8. The van der Waals surface area contributed by atoms with Crippen LogP contribution in [0, 0.1) is 34.1 Å². The Morgan fingerprint density at radius 2 is 1.34 bits per heavy atom. The summed E-state index contributed by atoms with van der Waals surface area (Å²) >= 11 is 0. The minimum atomic E-state index is -3.92. The third kappa shape index (κ3) is 6.42. The van der Waals surface area contributed by atoms with Crippen LogP contribution in [0.2, 0.25) is 0 Å². The van der Waals surface area contributed by atoms with Gasteiger partial charge in [0.1, 0.15) is 0 Å². The molecule has 0 fully saturated rings.